The predicted molar refractivity (Wildman–Crippen MR) is 72.4 cm³/mol. The number of ether oxygens (including phenoxy) is 1. The molecule has 2 N–H and O–H groups in total. The predicted octanol–water partition coefficient (Wildman–Crippen LogP) is 2.23. The van der Waals surface area contributed by atoms with Gasteiger partial charge in [-0.2, -0.15) is 8.78 Å². The van der Waals surface area contributed by atoms with Crippen molar-refractivity contribution in [2.24, 2.45) is 11.1 Å². The van der Waals surface area contributed by atoms with Crippen molar-refractivity contribution in [1.29, 1.82) is 0 Å². The zero-order valence-corrected chi connectivity index (χ0v) is 11.9. The van der Waals surface area contributed by atoms with Gasteiger partial charge < -0.3 is 15.4 Å². The highest BCUT2D eigenvalue weighted by atomic mass is 19.3. The molecule has 0 heterocycles. The highest BCUT2D eigenvalue weighted by molar-refractivity contribution is 5.81. The van der Waals surface area contributed by atoms with Gasteiger partial charge in [0, 0.05) is 20.1 Å². The Bertz CT molecular complexity index is 447. The first-order valence-corrected chi connectivity index (χ1v) is 6.25. The Morgan fingerprint density at radius 2 is 1.90 bits per heavy atom. The summed E-state index contributed by atoms with van der Waals surface area (Å²) < 4.78 is 28.3. The van der Waals surface area contributed by atoms with E-state index in [1.54, 1.807) is 37.9 Å². The maximum Gasteiger partial charge on any atom is 0.387 e. The number of nitrogens with two attached hydrogens (primary N) is 1. The lowest BCUT2D eigenvalue weighted by molar-refractivity contribution is -0.139. The first-order chi connectivity index (χ1) is 9.26. The topological polar surface area (TPSA) is 55.6 Å². The van der Waals surface area contributed by atoms with Gasteiger partial charge in [0.1, 0.15) is 5.75 Å². The maximum atomic E-state index is 12.1. The van der Waals surface area contributed by atoms with Crippen molar-refractivity contribution in [3.63, 3.8) is 0 Å². The summed E-state index contributed by atoms with van der Waals surface area (Å²) in [5, 5.41) is 0. The fourth-order valence-electron chi connectivity index (χ4n) is 1.73. The summed E-state index contributed by atoms with van der Waals surface area (Å²) in [6, 6.07) is 6.20. The van der Waals surface area contributed by atoms with E-state index in [2.05, 4.69) is 4.74 Å². The number of carbonyl (C=O) groups excluding carboxylic acids is 1. The van der Waals surface area contributed by atoms with Crippen LogP contribution in [0.15, 0.2) is 24.3 Å². The quantitative estimate of drug-likeness (QED) is 0.872. The van der Waals surface area contributed by atoms with Crippen LogP contribution in [0.3, 0.4) is 0 Å². The molecule has 4 nitrogen and oxygen atoms in total. The smallest absolute Gasteiger partial charge is 0.387 e. The molecule has 0 aliphatic carbocycles. The van der Waals surface area contributed by atoms with Gasteiger partial charge in [-0.3, -0.25) is 4.79 Å². The van der Waals surface area contributed by atoms with Crippen molar-refractivity contribution in [1.82, 2.24) is 4.90 Å². The van der Waals surface area contributed by atoms with Crippen molar-refractivity contribution in [2.45, 2.75) is 27.0 Å². The normalized spacial score (nSPS) is 11.6. The summed E-state index contributed by atoms with van der Waals surface area (Å²) in [6.45, 7) is 1.38. The minimum atomic E-state index is -2.84. The number of amides is 1. The second kappa shape index (κ2) is 6.65. The van der Waals surface area contributed by atoms with E-state index in [-0.39, 0.29) is 18.2 Å². The second-order valence-electron chi connectivity index (χ2n) is 5.27. The summed E-state index contributed by atoms with van der Waals surface area (Å²) in [4.78, 5) is 13.7. The van der Waals surface area contributed by atoms with E-state index in [9.17, 15) is 13.6 Å². The van der Waals surface area contributed by atoms with Gasteiger partial charge in [0.25, 0.3) is 0 Å². The first-order valence-electron chi connectivity index (χ1n) is 6.25. The van der Waals surface area contributed by atoms with E-state index in [1.165, 1.54) is 12.1 Å². The van der Waals surface area contributed by atoms with Crippen LogP contribution in [0.5, 0.6) is 5.75 Å². The van der Waals surface area contributed by atoms with Crippen LogP contribution < -0.4 is 10.5 Å². The van der Waals surface area contributed by atoms with Gasteiger partial charge in [-0.05, 0) is 31.5 Å². The lowest BCUT2D eigenvalue weighted by atomic mass is 9.92. The minimum absolute atomic E-state index is 0.0621. The highest BCUT2D eigenvalue weighted by Gasteiger charge is 2.28. The van der Waals surface area contributed by atoms with Crippen molar-refractivity contribution in [3.05, 3.63) is 29.8 Å². The number of carbonyl (C=O) groups is 1. The average molecular weight is 286 g/mol. The molecule has 1 rings (SSSR count). The van der Waals surface area contributed by atoms with Crippen LogP contribution in [0.4, 0.5) is 8.78 Å². The number of hydrogen-bond acceptors (Lipinski definition) is 3. The maximum absolute atomic E-state index is 12.1. The Labute approximate surface area is 117 Å². The monoisotopic (exact) mass is 286 g/mol. The van der Waals surface area contributed by atoms with Crippen molar-refractivity contribution in [2.75, 3.05) is 13.6 Å². The summed E-state index contributed by atoms with van der Waals surface area (Å²) in [5.74, 6) is 0.0351. The molecule has 0 aliphatic heterocycles. The molecule has 0 spiro atoms. The van der Waals surface area contributed by atoms with Gasteiger partial charge in [-0.25, -0.2) is 0 Å². The van der Waals surface area contributed by atoms with Crippen molar-refractivity contribution >= 4 is 5.91 Å². The molecule has 1 aromatic rings. The molecule has 1 aromatic carbocycles. The first kappa shape index (κ1) is 16.4. The molecule has 0 atom stereocenters. The summed E-state index contributed by atoms with van der Waals surface area (Å²) in [7, 11) is 1.68. The van der Waals surface area contributed by atoms with Gasteiger partial charge in [-0.1, -0.05) is 12.1 Å². The molecule has 0 aliphatic rings. The van der Waals surface area contributed by atoms with E-state index in [1.807, 2.05) is 0 Å². The van der Waals surface area contributed by atoms with E-state index in [0.717, 1.165) is 5.56 Å². The molecule has 20 heavy (non-hydrogen) atoms. The number of rotatable bonds is 6. The van der Waals surface area contributed by atoms with Gasteiger partial charge >= 0.3 is 6.61 Å². The zero-order chi connectivity index (χ0) is 15.3. The van der Waals surface area contributed by atoms with Crippen LogP contribution in [0.2, 0.25) is 0 Å². The van der Waals surface area contributed by atoms with Gasteiger partial charge in [0.05, 0.1) is 5.41 Å². The van der Waals surface area contributed by atoms with Crippen LogP contribution >= 0.6 is 0 Å². The Hall–Kier alpha value is -1.69. The minimum Gasteiger partial charge on any atom is -0.435 e. The SMILES string of the molecule is CN(Cc1ccc(OC(F)F)cc1)C(=O)C(C)(C)CN. The summed E-state index contributed by atoms with van der Waals surface area (Å²) in [6.07, 6.45) is 0. The third-order valence-corrected chi connectivity index (χ3v) is 3.00. The number of hydrogen-bond donors (Lipinski definition) is 1. The molecule has 0 saturated carbocycles. The van der Waals surface area contributed by atoms with Gasteiger partial charge in [-0.15, -0.1) is 0 Å². The zero-order valence-electron chi connectivity index (χ0n) is 11.9. The summed E-state index contributed by atoms with van der Waals surface area (Å²) in [5.41, 5.74) is 5.78. The molecule has 0 radical (unpaired) electrons. The molecule has 1 amide bonds. The number of benzene rings is 1. The van der Waals surface area contributed by atoms with E-state index in [0.29, 0.717) is 6.54 Å². The van der Waals surface area contributed by atoms with Gasteiger partial charge in [0.15, 0.2) is 0 Å². The van der Waals surface area contributed by atoms with Gasteiger partial charge in [0.2, 0.25) is 5.91 Å². The van der Waals surface area contributed by atoms with Crippen molar-refractivity contribution < 1.29 is 18.3 Å². The molecule has 0 aromatic heterocycles. The number of alkyl halides is 2. The third kappa shape index (κ3) is 4.45. The number of halogens is 2. The van der Waals surface area contributed by atoms with E-state index in [4.69, 9.17) is 5.73 Å². The molecular formula is C14H20F2N2O2. The lowest BCUT2D eigenvalue weighted by Crippen LogP contribution is -2.42. The summed E-state index contributed by atoms with van der Waals surface area (Å²) >= 11 is 0. The fraction of sp³-hybridized carbons (Fsp3) is 0.500. The van der Waals surface area contributed by atoms with E-state index >= 15 is 0 Å². The Morgan fingerprint density at radius 1 is 1.35 bits per heavy atom. The highest BCUT2D eigenvalue weighted by Crippen LogP contribution is 2.19. The molecule has 0 saturated heterocycles. The largest absolute Gasteiger partial charge is 0.435 e. The van der Waals surface area contributed by atoms with Crippen LogP contribution in [0.1, 0.15) is 19.4 Å². The number of nitrogens with zero attached hydrogens (tertiary/aromatic N) is 1. The van der Waals surface area contributed by atoms with Crippen LogP contribution in [0, 0.1) is 5.41 Å². The van der Waals surface area contributed by atoms with Crippen LogP contribution in [-0.4, -0.2) is 31.0 Å². The molecule has 0 bridgehead atoms. The second-order valence-corrected chi connectivity index (χ2v) is 5.27. The standard InChI is InChI=1S/C14H20F2N2O2/c1-14(2,9-17)12(19)18(3)8-10-4-6-11(7-5-10)20-13(15)16/h4-7,13H,8-9,17H2,1-3H3. The average Bonchev–Trinajstić information content (AvgIpc) is 2.39. The van der Waals surface area contributed by atoms with Crippen LogP contribution in [-0.2, 0) is 11.3 Å². The van der Waals surface area contributed by atoms with E-state index < -0.39 is 12.0 Å². The fourth-order valence-corrected chi connectivity index (χ4v) is 1.73. The Morgan fingerprint density at radius 3 is 2.35 bits per heavy atom. The molecular weight excluding hydrogens is 266 g/mol. The Kier molecular flexibility index (Phi) is 5.44. The third-order valence-electron chi connectivity index (χ3n) is 3.00. The molecule has 6 heteroatoms. The van der Waals surface area contributed by atoms with Crippen LogP contribution in [0.25, 0.3) is 0 Å². The molecule has 0 unspecified atom stereocenters. The molecule has 112 valence electrons. The Balaban J connectivity index is 2.67. The lowest BCUT2D eigenvalue weighted by Gasteiger charge is -2.28. The molecule has 0 fully saturated rings. The van der Waals surface area contributed by atoms with Crippen molar-refractivity contribution in [3.8, 4) is 5.75 Å².